The molecule has 110 valence electrons. The van der Waals surface area contributed by atoms with Gasteiger partial charge < -0.3 is 11.1 Å². The Balaban J connectivity index is 1.66. The molecule has 1 amide bonds. The van der Waals surface area contributed by atoms with Gasteiger partial charge >= 0.3 is 0 Å². The third-order valence-corrected chi connectivity index (χ3v) is 4.31. The minimum absolute atomic E-state index is 0.0136. The lowest BCUT2D eigenvalue weighted by Crippen LogP contribution is -2.36. The highest BCUT2D eigenvalue weighted by Gasteiger charge is 2.41. The molecule has 3 N–H and O–H groups in total. The molecule has 0 aromatic carbocycles. The highest BCUT2D eigenvalue weighted by molar-refractivity contribution is 5.76. The van der Waals surface area contributed by atoms with Crippen molar-refractivity contribution >= 4 is 5.91 Å². The number of carbonyl (C=O) groups excluding carboxylic acids is 1. The molecule has 0 spiro atoms. The Morgan fingerprint density at radius 1 is 1.21 bits per heavy atom. The van der Waals surface area contributed by atoms with Crippen LogP contribution < -0.4 is 11.1 Å². The normalized spacial score (nSPS) is 21.5. The molecular weight excluding hydrogens is 236 g/mol. The first-order valence-corrected chi connectivity index (χ1v) is 7.87. The Bertz CT molecular complexity index is 301. The van der Waals surface area contributed by atoms with Crippen molar-refractivity contribution in [2.75, 3.05) is 6.54 Å². The molecule has 1 atom stereocenters. The van der Waals surface area contributed by atoms with Gasteiger partial charge in [0.1, 0.15) is 0 Å². The molecule has 2 rings (SSSR count). The summed E-state index contributed by atoms with van der Waals surface area (Å²) in [6.45, 7) is 7.39. The lowest BCUT2D eigenvalue weighted by molar-refractivity contribution is -0.121. The third-order valence-electron chi connectivity index (χ3n) is 4.31. The van der Waals surface area contributed by atoms with Crippen molar-refractivity contribution < 1.29 is 4.79 Å². The third kappa shape index (κ3) is 5.52. The predicted molar refractivity (Wildman–Crippen MR) is 78.6 cm³/mol. The van der Waals surface area contributed by atoms with Crippen molar-refractivity contribution in [1.29, 1.82) is 0 Å². The molecule has 2 aliphatic rings. The second-order valence-electron chi connectivity index (χ2n) is 7.87. The van der Waals surface area contributed by atoms with Crippen molar-refractivity contribution in [2.24, 2.45) is 28.9 Å². The summed E-state index contributed by atoms with van der Waals surface area (Å²) >= 11 is 0. The van der Waals surface area contributed by atoms with Crippen LogP contribution in [0, 0.1) is 23.2 Å². The largest absolute Gasteiger partial charge is 0.356 e. The van der Waals surface area contributed by atoms with Gasteiger partial charge in [-0.1, -0.05) is 20.8 Å². The number of nitrogens with one attached hydrogen (secondary N) is 1. The lowest BCUT2D eigenvalue weighted by Gasteiger charge is -2.23. The Kier molecular flexibility index (Phi) is 4.54. The lowest BCUT2D eigenvalue weighted by atomic mass is 9.87. The second-order valence-corrected chi connectivity index (χ2v) is 7.87. The van der Waals surface area contributed by atoms with Gasteiger partial charge in [0.25, 0.3) is 0 Å². The standard InChI is InChI=1S/C16H30N2O/c1-16(2,3)9-13(17)8-15(19)18-10-14(11-4-5-11)12-6-7-12/h11-14H,4-10,17H2,1-3H3,(H,18,19). The smallest absolute Gasteiger partial charge is 0.221 e. The maximum absolute atomic E-state index is 11.9. The molecule has 2 aliphatic carbocycles. The summed E-state index contributed by atoms with van der Waals surface area (Å²) in [5, 5.41) is 3.12. The Morgan fingerprint density at radius 3 is 2.16 bits per heavy atom. The van der Waals surface area contributed by atoms with Gasteiger partial charge in [-0.05, 0) is 55.3 Å². The molecule has 3 nitrogen and oxygen atoms in total. The summed E-state index contributed by atoms with van der Waals surface area (Å²) < 4.78 is 0. The summed E-state index contributed by atoms with van der Waals surface area (Å²) in [5.74, 6) is 2.69. The Hall–Kier alpha value is -0.570. The second kappa shape index (κ2) is 5.82. The van der Waals surface area contributed by atoms with Gasteiger partial charge in [0.15, 0.2) is 0 Å². The van der Waals surface area contributed by atoms with Gasteiger partial charge in [0.2, 0.25) is 5.91 Å². The highest BCUT2D eigenvalue weighted by Crippen LogP contribution is 2.48. The molecule has 2 saturated carbocycles. The van der Waals surface area contributed by atoms with Gasteiger partial charge in [0.05, 0.1) is 0 Å². The fourth-order valence-electron chi connectivity index (χ4n) is 3.17. The summed E-state index contributed by atoms with van der Waals surface area (Å²) in [6.07, 6.45) is 6.87. The maximum atomic E-state index is 11.9. The Morgan fingerprint density at radius 2 is 1.74 bits per heavy atom. The van der Waals surface area contributed by atoms with Crippen molar-refractivity contribution in [3.63, 3.8) is 0 Å². The molecule has 0 radical (unpaired) electrons. The monoisotopic (exact) mass is 266 g/mol. The van der Waals surface area contributed by atoms with E-state index in [2.05, 4.69) is 26.1 Å². The van der Waals surface area contributed by atoms with Crippen molar-refractivity contribution in [3.8, 4) is 0 Å². The van der Waals surface area contributed by atoms with E-state index in [4.69, 9.17) is 5.73 Å². The van der Waals surface area contributed by atoms with E-state index in [9.17, 15) is 4.79 Å². The average Bonchev–Trinajstić information content (AvgIpc) is 3.10. The van der Waals surface area contributed by atoms with Crippen LogP contribution in [-0.4, -0.2) is 18.5 Å². The number of carbonyl (C=O) groups is 1. The fourth-order valence-corrected chi connectivity index (χ4v) is 3.17. The van der Waals surface area contributed by atoms with Crippen LogP contribution in [0.3, 0.4) is 0 Å². The van der Waals surface area contributed by atoms with E-state index >= 15 is 0 Å². The van der Waals surface area contributed by atoms with E-state index in [1.807, 2.05) is 0 Å². The highest BCUT2D eigenvalue weighted by atomic mass is 16.1. The number of rotatable bonds is 7. The van der Waals surface area contributed by atoms with Crippen molar-refractivity contribution in [1.82, 2.24) is 5.32 Å². The Labute approximate surface area is 117 Å². The van der Waals surface area contributed by atoms with E-state index < -0.39 is 0 Å². The first-order valence-electron chi connectivity index (χ1n) is 7.87. The van der Waals surface area contributed by atoms with Crippen LogP contribution in [0.25, 0.3) is 0 Å². The van der Waals surface area contributed by atoms with Gasteiger partial charge in [-0.15, -0.1) is 0 Å². The number of amides is 1. The molecule has 0 aliphatic heterocycles. The van der Waals surface area contributed by atoms with Gasteiger partial charge in [0, 0.05) is 19.0 Å². The molecule has 19 heavy (non-hydrogen) atoms. The first kappa shape index (κ1) is 14.8. The minimum atomic E-state index is -0.0136. The van der Waals surface area contributed by atoms with E-state index in [-0.39, 0.29) is 17.4 Å². The number of nitrogens with two attached hydrogens (primary N) is 1. The van der Waals surface area contributed by atoms with Crippen LogP contribution in [0.4, 0.5) is 0 Å². The van der Waals surface area contributed by atoms with Crippen molar-refractivity contribution in [2.45, 2.75) is 65.3 Å². The molecular formula is C16H30N2O. The SMILES string of the molecule is CC(C)(C)CC(N)CC(=O)NCC(C1CC1)C1CC1. The van der Waals surface area contributed by atoms with Crippen LogP contribution >= 0.6 is 0 Å². The van der Waals surface area contributed by atoms with Crippen LogP contribution in [0.5, 0.6) is 0 Å². The fraction of sp³-hybridized carbons (Fsp3) is 0.938. The number of hydrogen-bond donors (Lipinski definition) is 2. The van der Waals surface area contributed by atoms with Crippen LogP contribution in [0.1, 0.15) is 59.3 Å². The quantitative estimate of drug-likeness (QED) is 0.744. The predicted octanol–water partition coefficient (Wildman–Crippen LogP) is 2.69. The van der Waals surface area contributed by atoms with Gasteiger partial charge in [-0.2, -0.15) is 0 Å². The number of hydrogen-bond acceptors (Lipinski definition) is 2. The van der Waals surface area contributed by atoms with E-state index in [0.717, 1.165) is 30.7 Å². The maximum Gasteiger partial charge on any atom is 0.221 e. The molecule has 0 bridgehead atoms. The van der Waals surface area contributed by atoms with E-state index in [1.165, 1.54) is 25.7 Å². The van der Waals surface area contributed by atoms with E-state index in [0.29, 0.717) is 6.42 Å². The summed E-state index contributed by atoms with van der Waals surface area (Å²) in [7, 11) is 0. The first-order chi connectivity index (χ1) is 8.85. The summed E-state index contributed by atoms with van der Waals surface area (Å²) in [6, 6.07) is -0.0136. The van der Waals surface area contributed by atoms with Gasteiger partial charge in [-0.3, -0.25) is 4.79 Å². The zero-order chi connectivity index (χ0) is 14.0. The molecule has 3 heteroatoms. The minimum Gasteiger partial charge on any atom is -0.356 e. The van der Waals surface area contributed by atoms with Crippen LogP contribution in [-0.2, 0) is 4.79 Å². The zero-order valence-corrected chi connectivity index (χ0v) is 12.7. The molecule has 0 heterocycles. The molecule has 0 saturated heterocycles. The zero-order valence-electron chi connectivity index (χ0n) is 12.7. The molecule has 0 aromatic heterocycles. The molecule has 2 fully saturated rings. The topological polar surface area (TPSA) is 55.1 Å². The van der Waals surface area contributed by atoms with Crippen molar-refractivity contribution in [3.05, 3.63) is 0 Å². The van der Waals surface area contributed by atoms with E-state index in [1.54, 1.807) is 0 Å². The average molecular weight is 266 g/mol. The van der Waals surface area contributed by atoms with Crippen LogP contribution in [0.15, 0.2) is 0 Å². The summed E-state index contributed by atoms with van der Waals surface area (Å²) in [5.41, 5.74) is 6.25. The van der Waals surface area contributed by atoms with Gasteiger partial charge in [-0.25, -0.2) is 0 Å². The molecule has 1 unspecified atom stereocenters. The molecule has 0 aromatic rings. The van der Waals surface area contributed by atoms with Crippen LogP contribution in [0.2, 0.25) is 0 Å². The summed E-state index contributed by atoms with van der Waals surface area (Å²) in [4.78, 5) is 11.9.